The molecule has 1 unspecified atom stereocenters. The largest absolute Gasteiger partial charge is 0.438 e. The molecule has 1 amide bonds. The summed E-state index contributed by atoms with van der Waals surface area (Å²) in [5.74, 6) is 0.272. The number of aliphatic hydroxyl groups excluding tert-OH is 1. The number of hydrogen-bond donors (Lipinski definition) is 2. The predicted octanol–water partition coefficient (Wildman–Crippen LogP) is 1.12. The Balaban J connectivity index is 2.39. The second kappa shape index (κ2) is 5.65. The summed E-state index contributed by atoms with van der Waals surface area (Å²) in [5.41, 5.74) is 0.552. The van der Waals surface area contributed by atoms with Gasteiger partial charge >= 0.3 is 0 Å². The quantitative estimate of drug-likeness (QED) is 0.789. The third kappa shape index (κ3) is 3.66. The van der Waals surface area contributed by atoms with Gasteiger partial charge < -0.3 is 14.8 Å². The number of nitrogens with one attached hydrogen (secondary N) is 1. The molecule has 16 heavy (non-hydrogen) atoms. The standard InChI is InChI=1S/C11H18N2O3/c1-7(2)4-9(14)5-12-11(15)10-8(3)13-6-16-10/h6-7,9,14H,4-5H2,1-3H3,(H,12,15). The van der Waals surface area contributed by atoms with Crippen LogP contribution in [0.5, 0.6) is 0 Å². The number of nitrogens with zero attached hydrogens (tertiary/aromatic N) is 1. The van der Waals surface area contributed by atoms with Crippen molar-refractivity contribution >= 4 is 5.91 Å². The van der Waals surface area contributed by atoms with Crippen LogP contribution in [-0.2, 0) is 0 Å². The molecule has 1 rings (SSSR count). The maximum absolute atomic E-state index is 11.6. The molecule has 1 aromatic heterocycles. The maximum atomic E-state index is 11.6. The molecule has 2 N–H and O–H groups in total. The van der Waals surface area contributed by atoms with Gasteiger partial charge in [-0.1, -0.05) is 13.8 Å². The van der Waals surface area contributed by atoms with E-state index in [-0.39, 0.29) is 18.2 Å². The molecule has 0 radical (unpaired) electrons. The van der Waals surface area contributed by atoms with Gasteiger partial charge in [-0.05, 0) is 19.3 Å². The Morgan fingerprint density at radius 1 is 1.62 bits per heavy atom. The highest BCUT2D eigenvalue weighted by Crippen LogP contribution is 2.06. The van der Waals surface area contributed by atoms with Crippen LogP contribution in [-0.4, -0.2) is 28.6 Å². The van der Waals surface area contributed by atoms with Gasteiger partial charge in [0.15, 0.2) is 6.39 Å². The van der Waals surface area contributed by atoms with Crippen molar-refractivity contribution in [2.75, 3.05) is 6.54 Å². The molecular weight excluding hydrogens is 208 g/mol. The number of carbonyl (C=O) groups excluding carboxylic acids is 1. The van der Waals surface area contributed by atoms with Gasteiger partial charge in [-0.15, -0.1) is 0 Å². The molecular formula is C11H18N2O3. The lowest BCUT2D eigenvalue weighted by molar-refractivity contribution is 0.0873. The Bertz CT molecular complexity index is 347. The Labute approximate surface area is 94.9 Å². The zero-order valence-corrected chi connectivity index (χ0v) is 9.86. The Kier molecular flexibility index (Phi) is 4.49. The molecule has 1 atom stereocenters. The molecule has 0 aliphatic carbocycles. The van der Waals surface area contributed by atoms with Crippen molar-refractivity contribution in [2.24, 2.45) is 5.92 Å². The van der Waals surface area contributed by atoms with Crippen LogP contribution in [0.15, 0.2) is 10.8 Å². The highest BCUT2D eigenvalue weighted by molar-refractivity contribution is 5.92. The van der Waals surface area contributed by atoms with E-state index < -0.39 is 6.10 Å². The number of amides is 1. The molecule has 0 saturated carbocycles. The first-order valence-corrected chi connectivity index (χ1v) is 5.37. The fourth-order valence-electron chi connectivity index (χ4n) is 1.44. The van der Waals surface area contributed by atoms with Gasteiger partial charge in [0, 0.05) is 6.54 Å². The summed E-state index contributed by atoms with van der Waals surface area (Å²) >= 11 is 0. The van der Waals surface area contributed by atoms with Crippen LogP contribution in [0.3, 0.4) is 0 Å². The molecule has 1 heterocycles. The minimum absolute atomic E-state index is 0.205. The van der Waals surface area contributed by atoms with Crippen LogP contribution >= 0.6 is 0 Å². The second-order valence-corrected chi connectivity index (χ2v) is 4.26. The van der Waals surface area contributed by atoms with Crippen molar-refractivity contribution in [1.29, 1.82) is 0 Å². The molecule has 0 bridgehead atoms. The zero-order valence-electron chi connectivity index (χ0n) is 9.86. The molecule has 5 nitrogen and oxygen atoms in total. The normalized spacial score (nSPS) is 12.8. The van der Waals surface area contributed by atoms with E-state index in [2.05, 4.69) is 10.3 Å². The van der Waals surface area contributed by atoms with Crippen LogP contribution < -0.4 is 5.32 Å². The Morgan fingerprint density at radius 3 is 2.81 bits per heavy atom. The summed E-state index contributed by atoms with van der Waals surface area (Å²) in [5, 5.41) is 12.2. The average molecular weight is 226 g/mol. The summed E-state index contributed by atoms with van der Waals surface area (Å²) in [7, 11) is 0. The van der Waals surface area contributed by atoms with Crippen molar-refractivity contribution in [3.63, 3.8) is 0 Å². The molecule has 0 fully saturated rings. The fourth-order valence-corrected chi connectivity index (χ4v) is 1.44. The van der Waals surface area contributed by atoms with Crippen LogP contribution in [0.4, 0.5) is 0 Å². The summed E-state index contributed by atoms with van der Waals surface area (Å²) in [6, 6.07) is 0. The van der Waals surface area contributed by atoms with E-state index in [1.165, 1.54) is 6.39 Å². The van der Waals surface area contributed by atoms with E-state index >= 15 is 0 Å². The van der Waals surface area contributed by atoms with Crippen molar-refractivity contribution < 1.29 is 14.3 Å². The van der Waals surface area contributed by atoms with Gasteiger partial charge in [0.2, 0.25) is 5.76 Å². The van der Waals surface area contributed by atoms with Crippen LogP contribution in [0.1, 0.15) is 36.5 Å². The van der Waals surface area contributed by atoms with Gasteiger partial charge in [-0.25, -0.2) is 4.98 Å². The molecule has 0 spiro atoms. The van der Waals surface area contributed by atoms with Crippen molar-refractivity contribution in [2.45, 2.75) is 33.3 Å². The maximum Gasteiger partial charge on any atom is 0.289 e. The summed E-state index contributed by atoms with van der Waals surface area (Å²) in [4.78, 5) is 15.4. The van der Waals surface area contributed by atoms with E-state index in [1.807, 2.05) is 13.8 Å². The summed E-state index contributed by atoms with van der Waals surface area (Å²) in [6.07, 6.45) is 1.37. The van der Waals surface area contributed by atoms with Gasteiger partial charge in [0.1, 0.15) is 0 Å². The number of aliphatic hydroxyl groups is 1. The highest BCUT2D eigenvalue weighted by atomic mass is 16.3. The van der Waals surface area contributed by atoms with Gasteiger partial charge in [-0.2, -0.15) is 0 Å². The lowest BCUT2D eigenvalue weighted by atomic mass is 10.1. The average Bonchev–Trinajstić information content (AvgIpc) is 2.60. The van der Waals surface area contributed by atoms with E-state index in [0.29, 0.717) is 18.0 Å². The zero-order chi connectivity index (χ0) is 12.1. The van der Waals surface area contributed by atoms with E-state index in [0.717, 1.165) is 0 Å². The number of carbonyl (C=O) groups is 1. The number of hydrogen-bond acceptors (Lipinski definition) is 4. The number of aromatic nitrogens is 1. The topological polar surface area (TPSA) is 75.4 Å². The molecule has 0 aliphatic rings. The van der Waals surface area contributed by atoms with E-state index in [4.69, 9.17) is 4.42 Å². The smallest absolute Gasteiger partial charge is 0.289 e. The first kappa shape index (κ1) is 12.7. The Morgan fingerprint density at radius 2 is 2.31 bits per heavy atom. The van der Waals surface area contributed by atoms with E-state index in [1.54, 1.807) is 6.92 Å². The van der Waals surface area contributed by atoms with Gasteiger partial charge in [0.25, 0.3) is 5.91 Å². The van der Waals surface area contributed by atoms with Crippen LogP contribution in [0, 0.1) is 12.8 Å². The second-order valence-electron chi connectivity index (χ2n) is 4.26. The summed E-state index contributed by atoms with van der Waals surface area (Å²) in [6.45, 7) is 5.97. The third-order valence-electron chi connectivity index (χ3n) is 2.19. The highest BCUT2D eigenvalue weighted by Gasteiger charge is 2.15. The molecule has 0 aliphatic heterocycles. The number of rotatable bonds is 5. The SMILES string of the molecule is Cc1ncoc1C(=O)NCC(O)CC(C)C. The molecule has 90 valence electrons. The van der Waals surface area contributed by atoms with Gasteiger partial charge in [-0.3, -0.25) is 4.79 Å². The van der Waals surface area contributed by atoms with Crippen LogP contribution in [0.2, 0.25) is 0 Å². The van der Waals surface area contributed by atoms with Crippen molar-refractivity contribution in [3.05, 3.63) is 17.8 Å². The first-order chi connectivity index (χ1) is 7.50. The van der Waals surface area contributed by atoms with Gasteiger partial charge in [0.05, 0.1) is 11.8 Å². The predicted molar refractivity (Wildman–Crippen MR) is 59.0 cm³/mol. The van der Waals surface area contributed by atoms with Crippen molar-refractivity contribution in [3.8, 4) is 0 Å². The van der Waals surface area contributed by atoms with E-state index in [9.17, 15) is 9.90 Å². The lowest BCUT2D eigenvalue weighted by Gasteiger charge is -2.13. The minimum Gasteiger partial charge on any atom is -0.438 e. The molecule has 0 aromatic carbocycles. The minimum atomic E-state index is -0.521. The number of oxazole rings is 1. The first-order valence-electron chi connectivity index (χ1n) is 5.37. The lowest BCUT2D eigenvalue weighted by Crippen LogP contribution is -2.32. The Hall–Kier alpha value is -1.36. The van der Waals surface area contributed by atoms with Crippen molar-refractivity contribution in [1.82, 2.24) is 10.3 Å². The fraction of sp³-hybridized carbons (Fsp3) is 0.636. The number of aryl methyl sites for hydroxylation is 1. The monoisotopic (exact) mass is 226 g/mol. The molecule has 5 heteroatoms. The molecule has 1 aromatic rings. The molecule has 0 saturated heterocycles. The summed E-state index contributed by atoms with van der Waals surface area (Å²) < 4.78 is 4.93. The third-order valence-corrected chi connectivity index (χ3v) is 2.19. The van der Waals surface area contributed by atoms with Crippen LogP contribution in [0.25, 0.3) is 0 Å².